The largest absolute Gasteiger partial charge is 0.486 e. The number of hydrogen-bond acceptors (Lipinski definition) is 8. The first-order chi connectivity index (χ1) is 26.4. The van der Waals surface area contributed by atoms with Crippen molar-refractivity contribution in [3.8, 4) is 11.5 Å². The van der Waals surface area contributed by atoms with E-state index in [0.717, 1.165) is 0 Å². The van der Waals surface area contributed by atoms with Gasteiger partial charge in [0.05, 0.1) is 26.5 Å². The second kappa shape index (κ2) is 20.3. The van der Waals surface area contributed by atoms with Crippen molar-refractivity contribution in [3.05, 3.63) is 113 Å². The first-order valence-corrected chi connectivity index (χ1v) is 19.1. The molecule has 4 rings (SSSR count). The molecule has 0 aliphatic heterocycles. The predicted molar refractivity (Wildman–Crippen MR) is 219 cm³/mol. The first-order valence-electron chi connectivity index (χ1n) is 16.8. The van der Waals surface area contributed by atoms with Gasteiger partial charge in [-0.2, -0.15) is 0 Å². The molecule has 0 aliphatic carbocycles. The summed E-state index contributed by atoms with van der Waals surface area (Å²) in [5.74, 6) is -3.27. The highest BCUT2D eigenvalue weighted by atomic mass is 35.5. The summed E-state index contributed by atoms with van der Waals surface area (Å²) in [7, 11) is 0. The summed E-state index contributed by atoms with van der Waals surface area (Å²) < 4.78 is 16.5. The van der Waals surface area contributed by atoms with Crippen molar-refractivity contribution >= 4 is 111 Å². The lowest BCUT2D eigenvalue weighted by atomic mass is 10.1. The zero-order valence-corrected chi connectivity index (χ0v) is 34.8. The van der Waals surface area contributed by atoms with Crippen LogP contribution in [-0.4, -0.2) is 36.2 Å². The van der Waals surface area contributed by atoms with E-state index in [2.05, 4.69) is 16.0 Å². The molecule has 0 heterocycles. The normalized spacial score (nSPS) is 10.9. The van der Waals surface area contributed by atoms with Gasteiger partial charge >= 0.3 is 11.9 Å². The molecule has 56 heavy (non-hydrogen) atoms. The fourth-order valence-electron chi connectivity index (χ4n) is 4.80. The summed E-state index contributed by atoms with van der Waals surface area (Å²) in [6, 6.07) is 15.4. The molecule has 296 valence electrons. The molecule has 0 fully saturated rings. The Kier molecular flexibility index (Phi) is 16.1. The Morgan fingerprint density at radius 1 is 0.554 bits per heavy atom. The molecular weight excluding hydrogens is 851 g/mol. The zero-order valence-electron chi connectivity index (χ0n) is 30.3. The lowest BCUT2D eigenvalue weighted by Gasteiger charge is -2.14. The maximum absolute atomic E-state index is 12.8. The number of halogens is 6. The van der Waals surface area contributed by atoms with Crippen molar-refractivity contribution in [1.29, 1.82) is 0 Å². The minimum atomic E-state index is -1.03. The zero-order chi connectivity index (χ0) is 41.3. The summed E-state index contributed by atoms with van der Waals surface area (Å²) in [4.78, 5) is 62.0. The molecule has 0 saturated carbocycles. The number of anilines is 2. The lowest BCUT2D eigenvalue weighted by molar-refractivity contribution is -0.158. The molecule has 0 bridgehead atoms. The molecule has 0 spiro atoms. The van der Waals surface area contributed by atoms with Gasteiger partial charge in [-0.1, -0.05) is 97.3 Å². The summed E-state index contributed by atoms with van der Waals surface area (Å²) in [6.07, 6.45) is -0.373. The van der Waals surface area contributed by atoms with Crippen LogP contribution < -0.4 is 25.4 Å². The Morgan fingerprint density at radius 2 is 0.982 bits per heavy atom. The van der Waals surface area contributed by atoms with Gasteiger partial charge in [0.2, 0.25) is 11.8 Å². The van der Waals surface area contributed by atoms with Crippen molar-refractivity contribution in [2.45, 2.75) is 47.3 Å². The topological polar surface area (TPSA) is 149 Å². The standard InChI is InChI=1S/C39H35Cl6N3O8/c1-19(2)37(51)47-27-7-22(5-25(40)14-27)17-54-35-29(42)9-21(10-30(35)43)11-33(49)56-34(50)16-46-39(53)24-12-31(44)36(32(45)13-24)55-18-23-6-26(41)15-28(8-23)48-38(52)20(3)4/h5-10,12-15,19-20H,11,16-18H2,1-4H3,(H,46,53)(H,47,51)(H,48,52). The van der Waals surface area contributed by atoms with Crippen LogP contribution in [0, 0.1) is 11.8 Å². The third-order valence-corrected chi connectivity index (χ3v) is 9.11. The van der Waals surface area contributed by atoms with E-state index in [1.165, 1.54) is 24.3 Å². The Morgan fingerprint density at radius 3 is 1.41 bits per heavy atom. The van der Waals surface area contributed by atoms with E-state index in [0.29, 0.717) is 38.1 Å². The van der Waals surface area contributed by atoms with Crippen LogP contribution in [0.4, 0.5) is 11.4 Å². The van der Waals surface area contributed by atoms with E-state index in [1.807, 2.05) is 0 Å². The number of esters is 2. The van der Waals surface area contributed by atoms with Gasteiger partial charge in [0.15, 0.2) is 11.5 Å². The van der Waals surface area contributed by atoms with Gasteiger partial charge in [0, 0.05) is 38.8 Å². The third-order valence-electron chi connectivity index (χ3n) is 7.55. The molecule has 4 aromatic carbocycles. The van der Waals surface area contributed by atoms with E-state index < -0.39 is 24.4 Å². The molecule has 4 aromatic rings. The molecule has 17 heteroatoms. The Hall–Kier alpha value is -4.23. The van der Waals surface area contributed by atoms with E-state index in [4.69, 9.17) is 83.8 Å². The van der Waals surface area contributed by atoms with Crippen LogP contribution in [0.5, 0.6) is 11.5 Å². The molecule has 3 N–H and O–H groups in total. The van der Waals surface area contributed by atoms with Crippen LogP contribution in [-0.2, 0) is 43.5 Å². The SMILES string of the molecule is CC(C)C(=O)Nc1cc(Cl)cc(COc2c(Cl)cc(CC(=O)OC(=O)CNC(=O)c3cc(Cl)c(OCc4cc(Cl)cc(NC(=O)C(C)C)c4)c(Cl)c3)cc2Cl)c1. The van der Waals surface area contributed by atoms with Gasteiger partial charge in [0.1, 0.15) is 19.8 Å². The molecule has 0 saturated heterocycles. The number of carbonyl (C=O) groups is 5. The van der Waals surface area contributed by atoms with Gasteiger partial charge in [-0.3, -0.25) is 19.2 Å². The molecule has 11 nitrogen and oxygen atoms in total. The number of benzene rings is 4. The Bertz CT molecular complexity index is 2120. The smallest absolute Gasteiger partial charge is 0.333 e. The van der Waals surface area contributed by atoms with E-state index in [9.17, 15) is 24.0 Å². The molecular formula is C39H35Cl6N3O8. The van der Waals surface area contributed by atoms with Gasteiger partial charge in [-0.15, -0.1) is 0 Å². The number of amides is 3. The minimum absolute atomic E-state index is 0.00760. The summed E-state index contributed by atoms with van der Waals surface area (Å²) in [6.45, 7) is 6.40. The van der Waals surface area contributed by atoms with Crippen LogP contribution in [0.15, 0.2) is 60.7 Å². The number of hydrogen-bond donors (Lipinski definition) is 3. The molecule has 0 aromatic heterocycles. The van der Waals surface area contributed by atoms with E-state index in [1.54, 1.807) is 64.1 Å². The maximum atomic E-state index is 12.8. The molecule has 0 aliphatic rings. The van der Waals surface area contributed by atoms with Gasteiger partial charge in [-0.25, -0.2) is 4.79 Å². The van der Waals surface area contributed by atoms with E-state index in [-0.39, 0.29) is 80.4 Å². The van der Waals surface area contributed by atoms with Crippen LogP contribution >= 0.6 is 69.6 Å². The predicted octanol–water partition coefficient (Wildman–Crippen LogP) is 10.00. The number of rotatable bonds is 15. The van der Waals surface area contributed by atoms with Crippen LogP contribution in [0.3, 0.4) is 0 Å². The second-order valence-electron chi connectivity index (χ2n) is 12.9. The maximum Gasteiger partial charge on any atom is 0.333 e. The van der Waals surface area contributed by atoms with Crippen molar-refractivity contribution in [2.24, 2.45) is 11.8 Å². The number of nitrogens with one attached hydrogen (secondary N) is 3. The molecule has 0 radical (unpaired) electrons. The Labute approximate surface area is 353 Å². The second-order valence-corrected chi connectivity index (χ2v) is 15.4. The average molecular weight is 886 g/mol. The monoisotopic (exact) mass is 883 g/mol. The number of ether oxygens (including phenoxy) is 3. The average Bonchev–Trinajstić information content (AvgIpc) is 3.09. The first kappa shape index (κ1) is 44.5. The fraction of sp³-hybridized carbons (Fsp3) is 0.256. The van der Waals surface area contributed by atoms with Crippen molar-refractivity contribution < 1.29 is 38.2 Å². The Balaban J connectivity index is 1.28. The fourth-order valence-corrected chi connectivity index (χ4v) is 6.55. The highest BCUT2D eigenvalue weighted by Crippen LogP contribution is 2.37. The van der Waals surface area contributed by atoms with Crippen molar-refractivity contribution in [2.75, 3.05) is 17.2 Å². The minimum Gasteiger partial charge on any atom is -0.486 e. The van der Waals surface area contributed by atoms with Crippen molar-refractivity contribution in [1.82, 2.24) is 5.32 Å². The molecule has 0 unspecified atom stereocenters. The molecule has 3 amide bonds. The molecule has 0 atom stereocenters. The summed E-state index contributed by atoms with van der Waals surface area (Å²) in [5.41, 5.74) is 2.58. The highest BCUT2D eigenvalue weighted by Gasteiger charge is 2.19. The van der Waals surface area contributed by atoms with Gasteiger partial charge in [0.25, 0.3) is 5.91 Å². The lowest BCUT2D eigenvalue weighted by Crippen LogP contribution is -2.32. The van der Waals surface area contributed by atoms with E-state index >= 15 is 0 Å². The van der Waals surface area contributed by atoms with Crippen LogP contribution in [0.1, 0.15) is 54.7 Å². The van der Waals surface area contributed by atoms with Gasteiger partial charge < -0.3 is 30.2 Å². The van der Waals surface area contributed by atoms with Crippen molar-refractivity contribution in [3.63, 3.8) is 0 Å². The van der Waals surface area contributed by atoms with Crippen LogP contribution in [0.25, 0.3) is 0 Å². The summed E-state index contributed by atoms with van der Waals surface area (Å²) in [5, 5.41) is 8.87. The summed E-state index contributed by atoms with van der Waals surface area (Å²) >= 11 is 38.0. The van der Waals surface area contributed by atoms with Crippen LogP contribution in [0.2, 0.25) is 30.1 Å². The van der Waals surface area contributed by atoms with Gasteiger partial charge in [-0.05, 0) is 77.4 Å². The highest BCUT2D eigenvalue weighted by molar-refractivity contribution is 6.38. The quantitative estimate of drug-likeness (QED) is 0.0789. The number of carbonyl (C=O) groups excluding carboxylic acids is 5. The third kappa shape index (κ3) is 13.2.